The van der Waals surface area contributed by atoms with Gasteiger partial charge in [-0.2, -0.15) is 0 Å². The van der Waals surface area contributed by atoms with Crippen molar-refractivity contribution in [3.8, 4) is 0 Å². The molecule has 1 unspecified atom stereocenters. The van der Waals surface area contributed by atoms with E-state index in [0.717, 1.165) is 35.2 Å². The molecule has 0 aromatic carbocycles. The fourth-order valence-electron chi connectivity index (χ4n) is 1.87. The lowest BCUT2D eigenvalue weighted by Gasteiger charge is -2.13. The van der Waals surface area contributed by atoms with Gasteiger partial charge in [-0.3, -0.25) is 4.79 Å². The van der Waals surface area contributed by atoms with E-state index in [0.29, 0.717) is 6.42 Å². The highest BCUT2D eigenvalue weighted by atomic mass is 79.9. The smallest absolute Gasteiger partial charge is 0.220 e. The molecule has 0 saturated heterocycles. The number of carbonyl (C=O) groups is 1. The zero-order valence-corrected chi connectivity index (χ0v) is 12.1. The lowest BCUT2D eigenvalue weighted by Crippen LogP contribution is -2.26. The summed E-state index contributed by atoms with van der Waals surface area (Å²) in [5.74, 6) is 0.856. The van der Waals surface area contributed by atoms with Crippen LogP contribution in [0.25, 0.3) is 0 Å². The van der Waals surface area contributed by atoms with Gasteiger partial charge in [0, 0.05) is 17.3 Å². The Bertz CT molecular complexity index is 357. The number of hydrogen-bond acceptors (Lipinski definition) is 3. The van der Waals surface area contributed by atoms with Gasteiger partial charge in [-0.15, -0.1) is 0 Å². The van der Waals surface area contributed by atoms with E-state index in [4.69, 9.17) is 4.52 Å². The Kier molecular flexibility index (Phi) is 5.68. The van der Waals surface area contributed by atoms with Gasteiger partial charge in [0.15, 0.2) is 0 Å². The van der Waals surface area contributed by atoms with Crippen molar-refractivity contribution in [2.45, 2.75) is 46.1 Å². The Morgan fingerprint density at radius 3 is 2.71 bits per heavy atom. The second-order valence-corrected chi connectivity index (χ2v) is 4.97. The Morgan fingerprint density at radius 2 is 2.18 bits per heavy atom. The molecule has 96 valence electrons. The third kappa shape index (κ3) is 4.15. The van der Waals surface area contributed by atoms with Crippen LogP contribution in [0.4, 0.5) is 0 Å². The topological polar surface area (TPSA) is 55.1 Å². The van der Waals surface area contributed by atoms with Crippen LogP contribution in [0.5, 0.6) is 0 Å². The Morgan fingerprint density at radius 1 is 1.47 bits per heavy atom. The number of carbonyl (C=O) groups excluding carboxylic acids is 1. The largest absolute Gasteiger partial charge is 0.361 e. The quantitative estimate of drug-likeness (QED) is 0.649. The van der Waals surface area contributed by atoms with Gasteiger partial charge in [-0.1, -0.05) is 21.1 Å². The van der Waals surface area contributed by atoms with Gasteiger partial charge >= 0.3 is 0 Å². The minimum atomic E-state index is -0.0438. The Balaban J connectivity index is 2.49. The predicted molar refractivity (Wildman–Crippen MR) is 70.2 cm³/mol. The normalized spacial score (nSPS) is 12.5. The van der Waals surface area contributed by atoms with Gasteiger partial charge in [-0.25, -0.2) is 0 Å². The molecule has 5 heteroatoms. The van der Waals surface area contributed by atoms with E-state index >= 15 is 0 Å². The summed E-state index contributed by atoms with van der Waals surface area (Å²) in [6.45, 7) is 5.71. The highest BCUT2D eigenvalue weighted by molar-refractivity contribution is 9.09. The lowest BCUT2D eigenvalue weighted by atomic mass is 10.1. The van der Waals surface area contributed by atoms with Gasteiger partial charge in [-0.05, 0) is 33.6 Å². The Hall–Kier alpha value is -0.840. The van der Waals surface area contributed by atoms with Crippen LogP contribution in [-0.4, -0.2) is 16.4 Å². The number of unbranched alkanes of at least 4 members (excludes halogenated alkanes) is 1. The number of nitrogens with one attached hydrogen (secondary N) is 1. The highest BCUT2D eigenvalue weighted by Crippen LogP contribution is 2.20. The molecule has 4 nitrogen and oxygen atoms in total. The molecule has 0 fully saturated rings. The summed E-state index contributed by atoms with van der Waals surface area (Å²) < 4.78 is 5.09. The van der Waals surface area contributed by atoms with Gasteiger partial charge in [0.05, 0.1) is 11.7 Å². The fourth-order valence-corrected chi connectivity index (χ4v) is 2.27. The number of nitrogens with zero attached hydrogens (tertiary/aromatic N) is 1. The second-order valence-electron chi connectivity index (χ2n) is 4.17. The first-order valence-electron chi connectivity index (χ1n) is 5.84. The van der Waals surface area contributed by atoms with Crippen molar-refractivity contribution in [2.24, 2.45) is 0 Å². The average Bonchev–Trinajstić information content (AvgIpc) is 2.58. The zero-order chi connectivity index (χ0) is 12.8. The molecule has 1 heterocycles. The van der Waals surface area contributed by atoms with Crippen molar-refractivity contribution in [3.05, 3.63) is 17.0 Å². The van der Waals surface area contributed by atoms with Crippen molar-refractivity contribution >= 4 is 21.8 Å². The first-order chi connectivity index (χ1) is 8.06. The zero-order valence-electron chi connectivity index (χ0n) is 10.5. The van der Waals surface area contributed by atoms with Crippen molar-refractivity contribution in [3.63, 3.8) is 0 Å². The number of alkyl halides is 1. The second kappa shape index (κ2) is 6.79. The molecule has 0 aliphatic carbocycles. The molecule has 0 spiro atoms. The number of aryl methyl sites for hydroxylation is 2. The lowest BCUT2D eigenvalue weighted by molar-refractivity contribution is -0.121. The van der Waals surface area contributed by atoms with Crippen LogP contribution >= 0.6 is 15.9 Å². The standard InChI is InChI=1S/C12H19BrN2O2/c1-8(12-9(2)15-17-10(12)3)14-11(16)6-4-5-7-13/h8H,4-7H2,1-3H3,(H,14,16). The monoisotopic (exact) mass is 302 g/mol. The maximum absolute atomic E-state index is 11.7. The summed E-state index contributed by atoms with van der Waals surface area (Å²) in [6, 6.07) is -0.0438. The summed E-state index contributed by atoms with van der Waals surface area (Å²) >= 11 is 3.35. The fraction of sp³-hybridized carbons (Fsp3) is 0.667. The van der Waals surface area contributed by atoms with Crippen molar-refractivity contribution < 1.29 is 9.32 Å². The van der Waals surface area contributed by atoms with Gasteiger partial charge in [0.25, 0.3) is 0 Å². The molecule has 1 rings (SSSR count). The first kappa shape index (κ1) is 14.2. The molecular formula is C12H19BrN2O2. The maximum atomic E-state index is 11.7. The summed E-state index contributed by atoms with van der Waals surface area (Å²) in [7, 11) is 0. The van der Waals surface area contributed by atoms with Gasteiger partial charge in [0.2, 0.25) is 5.91 Å². The van der Waals surface area contributed by atoms with E-state index in [9.17, 15) is 4.79 Å². The average molecular weight is 303 g/mol. The van der Waals surface area contributed by atoms with Gasteiger partial charge < -0.3 is 9.84 Å². The van der Waals surface area contributed by atoms with Gasteiger partial charge in [0.1, 0.15) is 5.76 Å². The molecule has 17 heavy (non-hydrogen) atoms. The summed E-state index contributed by atoms with van der Waals surface area (Å²) in [5.41, 5.74) is 1.83. The Labute approximate surface area is 110 Å². The van der Waals surface area contributed by atoms with Crippen LogP contribution in [0.3, 0.4) is 0 Å². The number of rotatable bonds is 6. The molecular weight excluding hydrogens is 284 g/mol. The number of halogens is 1. The maximum Gasteiger partial charge on any atom is 0.220 e. The SMILES string of the molecule is Cc1noc(C)c1C(C)NC(=O)CCCCBr. The van der Waals surface area contributed by atoms with Crippen molar-refractivity contribution in [1.29, 1.82) is 0 Å². The molecule has 0 radical (unpaired) electrons. The highest BCUT2D eigenvalue weighted by Gasteiger charge is 2.17. The molecule has 0 aliphatic rings. The molecule has 1 N–H and O–H groups in total. The van der Waals surface area contributed by atoms with E-state index in [1.165, 1.54) is 0 Å². The van der Waals surface area contributed by atoms with Crippen LogP contribution in [0.15, 0.2) is 4.52 Å². The van der Waals surface area contributed by atoms with E-state index in [1.807, 2.05) is 20.8 Å². The van der Waals surface area contributed by atoms with E-state index < -0.39 is 0 Å². The number of amides is 1. The number of hydrogen-bond donors (Lipinski definition) is 1. The summed E-state index contributed by atoms with van der Waals surface area (Å²) in [4.78, 5) is 11.7. The predicted octanol–water partition coefficient (Wildman–Crippen LogP) is 3.03. The van der Waals surface area contributed by atoms with Crippen LogP contribution in [0.2, 0.25) is 0 Å². The summed E-state index contributed by atoms with van der Waals surface area (Å²) in [5, 5.41) is 7.80. The minimum absolute atomic E-state index is 0.0438. The first-order valence-corrected chi connectivity index (χ1v) is 6.96. The third-order valence-corrected chi connectivity index (χ3v) is 3.25. The molecule has 1 aromatic rings. The molecule has 1 aromatic heterocycles. The van der Waals surface area contributed by atoms with Crippen molar-refractivity contribution in [1.82, 2.24) is 10.5 Å². The van der Waals surface area contributed by atoms with Crippen LogP contribution in [-0.2, 0) is 4.79 Å². The van der Waals surface area contributed by atoms with E-state index in [-0.39, 0.29) is 11.9 Å². The molecule has 1 amide bonds. The summed E-state index contributed by atoms with van der Waals surface area (Å²) in [6.07, 6.45) is 2.50. The third-order valence-electron chi connectivity index (χ3n) is 2.69. The van der Waals surface area contributed by atoms with E-state index in [1.54, 1.807) is 0 Å². The van der Waals surface area contributed by atoms with Crippen LogP contribution in [0.1, 0.15) is 49.2 Å². The van der Waals surface area contributed by atoms with Crippen LogP contribution < -0.4 is 5.32 Å². The molecule has 0 bridgehead atoms. The van der Waals surface area contributed by atoms with E-state index in [2.05, 4.69) is 26.4 Å². The molecule has 1 atom stereocenters. The van der Waals surface area contributed by atoms with Crippen LogP contribution in [0, 0.1) is 13.8 Å². The number of aromatic nitrogens is 1. The molecule has 0 saturated carbocycles. The minimum Gasteiger partial charge on any atom is -0.361 e. The molecule has 0 aliphatic heterocycles. The van der Waals surface area contributed by atoms with Crippen molar-refractivity contribution in [2.75, 3.05) is 5.33 Å².